The minimum atomic E-state index is -0.308. The van der Waals surface area contributed by atoms with E-state index < -0.39 is 0 Å². The van der Waals surface area contributed by atoms with Crippen molar-refractivity contribution in [2.24, 2.45) is 5.73 Å². The van der Waals surface area contributed by atoms with E-state index in [2.05, 4.69) is 0 Å². The van der Waals surface area contributed by atoms with Crippen molar-refractivity contribution in [1.82, 2.24) is 0 Å². The monoisotopic (exact) mass is 243 g/mol. The van der Waals surface area contributed by atoms with Crippen LogP contribution in [0.25, 0.3) is 0 Å². The second-order valence-corrected chi connectivity index (χ2v) is 5.31. The molecule has 0 heterocycles. The van der Waals surface area contributed by atoms with E-state index in [-0.39, 0.29) is 24.2 Å². The van der Waals surface area contributed by atoms with Gasteiger partial charge in [0.05, 0.1) is 12.7 Å². The molecule has 0 aromatic carbocycles. The zero-order chi connectivity index (χ0) is 12.7. The standard InChI is InChI=1S/C13H25NO3/c1-11(2)17-12(15)9-16-10-13(14)7-5-3-4-6-8-13/h11H,3-10,14H2,1-2H3. The van der Waals surface area contributed by atoms with E-state index in [4.69, 9.17) is 15.2 Å². The molecule has 1 aliphatic carbocycles. The van der Waals surface area contributed by atoms with Crippen LogP contribution >= 0.6 is 0 Å². The van der Waals surface area contributed by atoms with Crippen LogP contribution in [0.1, 0.15) is 52.4 Å². The number of esters is 1. The summed E-state index contributed by atoms with van der Waals surface area (Å²) in [6.45, 7) is 4.12. The maximum absolute atomic E-state index is 11.3. The first-order chi connectivity index (χ1) is 8.02. The largest absolute Gasteiger partial charge is 0.461 e. The molecule has 0 unspecified atom stereocenters. The number of nitrogens with two attached hydrogens (primary N) is 1. The molecule has 0 bridgehead atoms. The Bertz CT molecular complexity index is 233. The summed E-state index contributed by atoms with van der Waals surface area (Å²) in [5.41, 5.74) is 6.03. The van der Waals surface area contributed by atoms with Crippen molar-refractivity contribution in [2.75, 3.05) is 13.2 Å². The lowest BCUT2D eigenvalue weighted by Gasteiger charge is -2.27. The van der Waals surface area contributed by atoms with Gasteiger partial charge in [-0.25, -0.2) is 4.79 Å². The second-order valence-electron chi connectivity index (χ2n) is 5.31. The third-order valence-corrected chi connectivity index (χ3v) is 3.08. The predicted molar refractivity (Wildman–Crippen MR) is 66.7 cm³/mol. The number of rotatable bonds is 5. The third-order valence-electron chi connectivity index (χ3n) is 3.08. The third kappa shape index (κ3) is 6.03. The fourth-order valence-electron chi connectivity index (χ4n) is 2.21. The number of carbonyl (C=O) groups is 1. The first kappa shape index (κ1) is 14.5. The Morgan fingerprint density at radius 3 is 2.35 bits per heavy atom. The molecule has 2 N–H and O–H groups in total. The predicted octanol–water partition coefficient (Wildman–Crippen LogP) is 2.01. The molecule has 1 aliphatic rings. The van der Waals surface area contributed by atoms with E-state index >= 15 is 0 Å². The van der Waals surface area contributed by atoms with Crippen LogP contribution < -0.4 is 5.73 Å². The van der Waals surface area contributed by atoms with Gasteiger partial charge in [0.15, 0.2) is 0 Å². The van der Waals surface area contributed by atoms with Gasteiger partial charge in [0, 0.05) is 5.54 Å². The molecule has 0 atom stereocenters. The van der Waals surface area contributed by atoms with Gasteiger partial charge in [-0.15, -0.1) is 0 Å². The maximum Gasteiger partial charge on any atom is 0.332 e. The van der Waals surface area contributed by atoms with Gasteiger partial charge in [-0.3, -0.25) is 0 Å². The lowest BCUT2D eigenvalue weighted by atomic mass is 9.93. The van der Waals surface area contributed by atoms with Gasteiger partial charge in [0.1, 0.15) is 6.61 Å². The highest BCUT2D eigenvalue weighted by Crippen LogP contribution is 2.25. The van der Waals surface area contributed by atoms with E-state index in [1.165, 1.54) is 12.8 Å². The summed E-state index contributed by atoms with van der Waals surface area (Å²) >= 11 is 0. The van der Waals surface area contributed by atoms with Crippen LogP contribution in [0.15, 0.2) is 0 Å². The molecular weight excluding hydrogens is 218 g/mol. The Hall–Kier alpha value is -0.610. The van der Waals surface area contributed by atoms with Gasteiger partial charge in [-0.2, -0.15) is 0 Å². The highest BCUT2D eigenvalue weighted by atomic mass is 16.6. The van der Waals surface area contributed by atoms with Crippen molar-refractivity contribution < 1.29 is 14.3 Å². The minimum absolute atomic E-state index is 0.0110. The van der Waals surface area contributed by atoms with E-state index in [0.717, 1.165) is 25.7 Å². The number of carbonyl (C=O) groups excluding carboxylic acids is 1. The fraction of sp³-hybridized carbons (Fsp3) is 0.923. The second kappa shape index (κ2) is 6.97. The Morgan fingerprint density at radius 2 is 1.82 bits per heavy atom. The van der Waals surface area contributed by atoms with Gasteiger partial charge >= 0.3 is 5.97 Å². The normalized spacial score (nSPS) is 20.0. The summed E-state index contributed by atoms with van der Waals surface area (Å²) in [5.74, 6) is -0.308. The average Bonchev–Trinajstić information content (AvgIpc) is 2.42. The Morgan fingerprint density at radius 1 is 1.24 bits per heavy atom. The molecule has 4 heteroatoms. The molecule has 0 radical (unpaired) electrons. The number of hydrogen-bond acceptors (Lipinski definition) is 4. The molecule has 4 nitrogen and oxygen atoms in total. The smallest absolute Gasteiger partial charge is 0.332 e. The molecule has 0 aliphatic heterocycles. The zero-order valence-electron chi connectivity index (χ0n) is 11.0. The average molecular weight is 243 g/mol. The molecule has 0 aromatic heterocycles. The summed E-state index contributed by atoms with van der Waals surface area (Å²) in [5, 5.41) is 0. The van der Waals surface area contributed by atoms with Crippen LogP contribution in [-0.4, -0.2) is 30.8 Å². The van der Waals surface area contributed by atoms with E-state index in [1.54, 1.807) is 0 Å². The lowest BCUT2D eigenvalue weighted by Crippen LogP contribution is -2.44. The van der Waals surface area contributed by atoms with Gasteiger partial charge in [-0.1, -0.05) is 25.7 Å². The van der Waals surface area contributed by atoms with Crippen LogP contribution in [-0.2, 0) is 14.3 Å². The van der Waals surface area contributed by atoms with E-state index in [0.29, 0.717) is 6.61 Å². The molecular formula is C13H25NO3. The van der Waals surface area contributed by atoms with E-state index in [9.17, 15) is 4.79 Å². The van der Waals surface area contributed by atoms with Crippen molar-refractivity contribution in [3.63, 3.8) is 0 Å². The van der Waals surface area contributed by atoms with Crippen LogP contribution in [0.5, 0.6) is 0 Å². The molecule has 1 rings (SSSR count). The molecule has 0 saturated heterocycles. The Balaban J connectivity index is 2.22. The van der Waals surface area contributed by atoms with Gasteiger partial charge in [-0.05, 0) is 26.7 Å². The summed E-state index contributed by atoms with van der Waals surface area (Å²) in [6, 6.07) is 0. The maximum atomic E-state index is 11.3. The van der Waals surface area contributed by atoms with Gasteiger partial charge in [0.2, 0.25) is 0 Å². The van der Waals surface area contributed by atoms with Crippen molar-refractivity contribution in [2.45, 2.75) is 64.0 Å². The summed E-state index contributed by atoms with van der Waals surface area (Å²) in [7, 11) is 0. The van der Waals surface area contributed by atoms with Crippen molar-refractivity contribution >= 4 is 5.97 Å². The Labute approximate surface area is 104 Å². The molecule has 1 fully saturated rings. The Kier molecular flexibility index (Phi) is 5.92. The summed E-state index contributed by atoms with van der Waals surface area (Å²) in [4.78, 5) is 11.3. The van der Waals surface area contributed by atoms with Crippen LogP contribution in [0.3, 0.4) is 0 Å². The topological polar surface area (TPSA) is 61.5 Å². The first-order valence-corrected chi connectivity index (χ1v) is 6.58. The van der Waals surface area contributed by atoms with Crippen molar-refractivity contribution in [3.05, 3.63) is 0 Å². The van der Waals surface area contributed by atoms with Crippen molar-refractivity contribution in [3.8, 4) is 0 Å². The molecule has 100 valence electrons. The number of hydrogen-bond donors (Lipinski definition) is 1. The molecule has 1 saturated carbocycles. The quantitative estimate of drug-likeness (QED) is 0.592. The van der Waals surface area contributed by atoms with Gasteiger partial charge in [0.25, 0.3) is 0 Å². The summed E-state index contributed by atoms with van der Waals surface area (Å²) in [6.07, 6.45) is 6.74. The van der Waals surface area contributed by atoms with Gasteiger partial charge < -0.3 is 15.2 Å². The SMILES string of the molecule is CC(C)OC(=O)COCC1(N)CCCCCC1. The lowest BCUT2D eigenvalue weighted by molar-refractivity contribution is -0.153. The van der Waals surface area contributed by atoms with Crippen LogP contribution in [0.4, 0.5) is 0 Å². The zero-order valence-corrected chi connectivity index (χ0v) is 11.0. The molecule has 0 spiro atoms. The van der Waals surface area contributed by atoms with Crippen molar-refractivity contribution in [1.29, 1.82) is 0 Å². The number of ether oxygens (including phenoxy) is 2. The highest BCUT2D eigenvalue weighted by Gasteiger charge is 2.26. The molecule has 0 aromatic rings. The van der Waals surface area contributed by atoms with E-state index in [1.807, 2.05) is 13.8 Å². The summed E-state index contributed by atoms with van der Waals surface area (Å²) < 4.78 is 10.4. The molecule has 17 heavy (non-hydrogen) atoms. The highest BCUT2D eigenvalue weighted by molar-refractivity contribution is 5.70. The first-order valence-electron chi connectivity index (χ1n) is 6.58. The van der Waals surface area contributed by atoms with Crippen LogP contribution in [0.2, 0.25) is 0 Å². The molecule has 0 amide bonds. The minimum Gasteiger partial charge on any atom is -0.461 e. The van der Waals surface area contributed by atoms with Crippen LogP contribution in [0, 0.1) is 0 Å². The fourth-order valence-corrected chi connectivity index (χ4v) is 2.21.